The molecule has 15 nitrogen and oxygen atoms in total. The fourth-order valence-electron chi connectivity index (χ4n) is 6.11. The summed E-state index contributed by atoms with van der Waals surface area (Å²) in [6, 6.07) is 0. The average molecular weight is 940 g/mol. The highest BCUT2D eigenvalue weighted by Gasteiger charge is 2.04. The van der Waals surface area contributed by atoms with Crippen molar-refractivity contribution in [3.63, 3.8) is 0 Å². The topological polar surface area (TPSA) is 193 Å². The fourth-order valence-corrected chi connectivity index (χ4v) is 6.11. The van der Waals surface area contributed by atoms with Crippen LogP contribution in [0.4, 0.5) is 0 Å². The molecule has 0 aliphatic heterocycles. The Hall–Kier alpha value is -6.51. The Kier molecular flexibility index (Phi) is 24.6. The summed E-state index contributed by atoms with van der Waals surface area (Å²) in [5, 5.41) is 16.0. The SMILES string of the molecule is Cc1nc(C)c(C)c(C)n1.Cc1nc(C)c(C)c(C)n1.Cc1nc(C)c(C)c(C)n1.Cc1nc(C)c(C)nc1C.Cc1nc(C)nc(C)n1.Cc1nnc(C)c(C)c1C.Cc1nnc(C)c(C)c1C. The van der Waals surface area contributed by atoms with Gasteiger partial charge in [0.2, 0.25) is 0 Å². The van der Waals surface area contributed by atoms with Gasteiger partial charge < -0.3 is 0 Å². The van der Waals surface area contributed by atoms with E-state index < -0.39 is 0 Å². The van der Waals surface area contributed by atoms with Gasteiger partial charge in [-0.25, -0.2) is 44.9 Å². The molecule has 0 unspecified atom stereocenters. The molecule has 0 saturated carbocycles. The summed E-state index contributed by atoms with van der Waals surface area (Å²) in [6.07, 6.45) is 0. The second-order valence-corrected chi connectivity index (χ2v) is 17.5. The molecule has 0 atom stereocenters. The highest BCUT2D eigenvalue weighted by Crippen LogP contribution is 2.12. The highest BCUT2D eigenvalue weighted by atomic mass is 15.1. The number of rotatable bonds is 0. The van der Waals surface area contributed by atoms with Crippen LogP contribution in [0.3, 0.4) is 0 Å². The first-order valence-electron chi connectivity index (χ1n) is 23.2. The van der Waals surface area contributed by atoms with Crippen LogP contribution in [0.1, 0.15) is 154 Å². The third-order valence-corrected chi connectivity index (χ3v) is 11.9. The summed E-state index contributed by atoms with van der Waals surface area (Å²) in [5.74, 6) is 4.96. The van der Waals surface area contributed by atoms with Gasteiger partial charge in [-0.15, -0.1) is 0 Å². The Labute approximate surface area is 414 Å². The number of aryl methyl sites for hydroxylation is 20. The van der Waals surface area contributed by atoms with Crippen molar-refractivity contribution in [3.8, 4) is 0 Å². The third-order valence-electron chi connectivity index (χ3n) is 11.9. The van der Waals surface area contributed by atoms with E-state index in [2.05, 4.69) is 103 Å². The molecule has 0 bridgehead atoms. The minimum atomic E-state index is 0.792. The minimum absolute atomic E-state index is 0.792. The highest BCUT2D eigenvalue weighted by molar-refractivity contribution is 5.30. The van der Waals surface area contributed by atoms with E-state index in [9.17, 15) is 0 Å². The van der Waals surface area contributed by atoms with Gasteiger partial charge in [-0.1, -0.05) is 0 Å². The maximum absolute atomic E-state index is 4.31. The first kappa shape index (κ1) is 60.5. The van der Waals surface area contributed by atoms with E-state index in [4.69, 9.17) is 0 Å². The summed E-state index contributed by atoms with van der Waals surface area (Å²) in [5.41, 5.74) is 23.4. The molecule has 0 radical (unpaired) electrons. The quantitative estimate of drug-likeness (QED) is 0.139. The summed E-state index contributed by atoms with van der Waals surface area (Å²) in [6.45, 7) is 53.7. The summed E-state index contributed by atoms with van der Waals surface area (Å²) >= 11 is 0. The summed E-state index contributed by atoms with van der Waals surface area (Å²) < 4.78 is 0. The zero-order valence-corrected chi connectivity index (χ0v) is 47.2. The number of aromatic nitrogens is 15. The van der Waals surface area contributed by atoms with Gasteiger partial charge in [0.25, 0.3) is 0 Å². The lowest BCUT2D eigenvalue weighted by molar-refractivity contribution is 0.875. The van der Waals surface area contributed by atoms with E-state index in [0.29, 0.717) is 0 Å². The normalized spacial score (nSPS) is 9.96. The summed E-state index contributed by atoms with van der Waals surface area (Å²) in [4.78, 5) is 46.0. The molecule has 7 aromatic heterocycles. The van der Waals surface area contributed by atoms with Crippen molar-refractivity contribution >= 4 is 0 Å². The maximum Gasteiger partial charge on any atom is 0.129 e. The summed E-state index contributed by atoms with van der Waals surface area (Å²) in [7, 11) is 0. The second-order valence-electron chi connectivity index (χ2n) is 17.5. The van der Waals surface area contributed by atoms with Gasteiger partial charge in [-0.3, -0.25) is 9.97 Å². The Morgan fingerprint density at radius 3 is 0.435 bits per heavy atom. The van der Waals surface area contributed by atoms with Crippen LogP contribution in [0, 0.1) is 187 Å². The van der Waals surface area contributed by atoms with Crippen molar-refractivity contribution in [2.24, 2.45) is 0 Å². The Morgan fingerprint density at radius 1 is 0.130 bits per heavy atom. The lowest BCUT2D eigenvalue weighted by Crippen LogP contribution is -1.97. The molecule has 372 valence electrons. The van der Waals surface area contributed by atoms with Crippen molar-refractivity contribution in [2.75, 3.05) is 0 Å². The molecule has 0 fully saturated rings. The first-order chi connectivity index (χ1) is 31.9. The van der Waals surface area contributed by atoms with Crippen LogP contribution < -0.4 is 0 Å². The van der Waals surface area contributed by atoms with Crippen molar-refractivity contribution in [2.45, 2.75) is 187 Å². The van der Waals surface area contributed by atoms with Crippen molar-refractivity contribution in [1.82, 2.24) is 75.2 Å². The standard InChI is InChI=1S/6C8H12N2.C6H9N3/c1-5-6(2)10-8(4)7(3)9-5;3*1-5-6(2)9-8(4)10-7(5)3;2*1-5-6(2)8(4)10-9-7(5)3;1-4-7-5(2)9-6(3)8-4/h6*1-4H3;1-3H3. The molecule has 0 aliphatic carbocycles. The van der Waals surface area contributed by atoms with Crippen LogP contribution in [0.5, 0.6) is 0 Å². The van der Waals surface area contributed by atoms with E-state index >= 15 is 0 Å². The zero-order chi connectivity index (χ0) is 53.2. The van der Waals surface area contributed by atoms with E-state index in [1.54, 1.807) is 0 Å². The van der Waals surface area contributed by atoms with Gasteiger partial charge in [0.05, 0.1) is 45.6 Å². The number of hydrogen-bond donors (Lipinski definition) is 0. The van der Waals surface area contributed by atoms with Crippen molar-refractivity contribution in [3.05, 3.63) is 154 Å². The molecule has 7 heterocycles. The number of hydrogen-bond acceptors (Lipinski definition) is 15. The van der Waals surface area contributed by atoms with E-state index in [1.165, 1.54) is 38.9 Å². The van der Waals surface area contributed by atoms with Gasteiger partial charge >= 0.3 is 0 Å². The minimum Gasteiger partial charge on any atom is -0.255 e. The van der Waals surface area contributed by atoms with Crippen LogP contribution in [0.25, 0.3) is 0 Å². The molecule has 0 aliphatic rings. The monoisotopic (exact) mass is 940 g/mol. The third kappa shape index (κ3) is 20.3. The molecule has 0 spiro atoms. The molecule has 0 amide bonds. The molecule has 69 heavy (non-hydrogen) atoms. The van der Waals surface area contributed by atoms with Crippen LogP contribution >= 0.6 is 0 Å². The number of nitrogens with zero attached hydrogens (tertiary/aromatic N) is 15. The van der Waals surface area contributed by atoms with Crippen LogP contribution in [0.15, 0.2) is 0 Å². The molecule has 7 aromatic rings. The molecular weight excluding hydrogens is 859 g/mol. The smallest absolute Gasteiger partial charge is 0.129 e. The molecule has 15 heteroatoms. The Bertz CT molecular complexity index is 2400. The van der Waals surface area contributed by atoms with Crippen molar-refractivity contribution < 1.29 is 0 Å². The molecule has 0 aromatic carbocycles. The first-order valence-corrected chi connectivity index (χ1v) is 23.2. The average Bonchev–Trinajstić information content (AvgIpc) is 3.25. The Balaban J connectivity index is 0.000000403. The zero-order valence-electron chi connectivity index (χ0n) is 47.2. The van der Waals surface area contributed by atoms with Gasteiger partial charge in [-0.2, -0.15) is 20.4 Å². The maximum atomic E-state index is 4.31. The molecule has 0 saturated heterocycles. The van der Waals surface area contributed by atoms with E-state index in [0.717, 1.165) is 115 Å². The Morgan fingerprint density at radius 2 is 0.275 bits per heavy atom. The van der Waals surface area contributed by atoms with Gasteiger partial charge in [0, 0.05) is 34.2 Å². The lowest BCUT2D eigenvalue weighted by Gasteiger charge is -2.03. The van der Waals surface area contributed by atoms with Gasteiger partial charge in [0.15, 0.2) is 0 Å². The van der Waals surface area contributed by atoms with Gasteiger partial charge in [0.1, 0.15) is 34.9 Å². The predicted molar refractivity (Wildman–Crippen MR) is 280 cm³/mol. The largest absolute Gasteiger partial charge is 0.255 e. The molecular formula is C54H81N15. The van der Waals surface area contributed by atoms with Crippen molar-refractivity contribution in [1.29, 1.82) is 0 Å². The van der Waals surface area contributed by atoms with E-state index in [-0.39, 0.29) is 0 Å². The van der Waals surface area contributed by atoms with Crippen LogP contribution in [0.2, 0.25) is 0 Å². The van der Waals surface area contributed by atoms with Gasteiger partial charge in [-0.05, 0) is 226 Å². The molecule has 7 rings (SSSR count). The lowest BCUT2D eigenvalue weighted by atomic mass is 10.1. The van der Waals surface area contributed by atoms with Crippen LogP contribution in [-0.2, 0) is 0 Å². The molecule has 0 N–H and O–H groups in total. The van der Waals surface area contributed by atoms with E-state index in [1.807, 2.05) is 159 Å². The fraction of sp³-hybridized carbons (Fsp3) is 0.500. The second kappa shape index (κ2) is 28.1. The van der Waals surface area contributed by atoms with Crippen LogP contribution in [-0.4, -0.2) is 75.2 Å². The predicted octanol–water partition coefficient (Wildman–Crippen LogP) is 11.1.